The molecule has 1 saturated heterocycles. The van der Waals surface area contributed by atoms with Crippen LogP contribution in [0.4, 0.5) is 18.9 Å². The number of rotatable bonds is 3. The zero-order valence-corrected chi connectivity index (χ0v) is 18.9. The molecule has 7 nitrogen and oxygen atoms in total. The minimum absolute atomic E-state index is 0.106. The Labute approximate surface area is 199 Å². The van der Waals surface area contributed by atoms with Gasteiger partial charge in [0, 0.05) is 43.6 Å². The van der Waals surface area contributed by atoms with Crippen molar-refractivity contribution in [3.8, 4) is 11.8 Å². The van der Waals surface area contributed by atoms with E-state index in [1.807, 2.05) is 12.1 Å². The van der Waals surface area contributed by atoms with Gasteiger partial charge in [-0.3, -0.25) is 9.59 Å². The Morgan fingerprint density at radius 3 is 2.43 bits per heavy atom. The number of hydrogen-bond acceptors (Lipinski definition) is 5. The lowest BCUT2D eigenvalue weighted by Crippen LogP contribution is -2.39. The van der Waals surface area contributed by atoms with E-state index in [0.717, 1.165) is 17.8 Å². The zero-order chi connectivity index (χ0) is 25.2. The number of halogens is 3. The molecule has 0 aliphatic carbocycles. The van der Waals surface area contributed by atoms with Crippen LogP contribution in [0.15, 0.2) is 59.4 Å². The van der Waals surface area contributed by atoms with Gasteiger partial charge in [-0.15, -0.1) is 0 Å². The maximum absolute atomic E-state index is 13.2. The van der Waals surface area contributed by atoms with Gasteiger partial charge in [0.05, 0.1) is 22.9 Å². The first-order chi connectivity index (χ1) is 16.7. The molecular weight excluding hydrogens is 459 g/mol. The number of hydrogen-bond donors (Lipinski definition) is 0. The first-order valence-electron chi connectivity index (χ1n) is 11.0. The highest BCUT2D eigenvalue weighted by Crippen LogP contribution is 2.30. The summed E-state index contributed by atoms with van der Waals surface area (Å²) in [4.78, 5) is 29.5. The van der Waals surface area contributed by atoms with Crippen molar-refractivity contribution >= 4 is 11.6 Å². The van der Waals surface area contributed by atoms with Crippen LogP contribution in [0.5, 0.6) is 0 Å². The topological polar surface area (TPSA) is 82.2 Å². The summed E-state index contributed by atoms with van der Waals surface area (Å²) in [6.07, 6.45) is -3.88. The van der Waals surface area contributed by atoms with Gasteiger partial charge in [-0.2, -0.15) is 23.5 Å². The molecule has 35 heavy (non-hydrogen) atoms. The van der Waals surface area contributed by atoms with Crippen LogP contribution in [-0.4, -0.2) is 46.8 Å². The predicted octanol–water partition coefficient (Wildman–Crippen LogP) is 3.78. The maximum atomic E-state index is 13.2. The van der Waals surface area contributed by atoms with Crippen LogP contribution in [0.3, 0.4) is 0 Å². The van der Waals surface area contributed by atoms with Gasteiger partial charge in [-0.1, -0.05) is 6.07 Å². The van der Waals surface area contributed by atoms with Crippen LogP contribution in [0.25, 0.3) is 5.69 Å². The number of nitrogens with zero attached hydrogens (tertiary/aromatic N) is 5. The number of carbonyl (C=O) groups is 1. The average Bonchev–Trinajstić information content (AvgIpc) is 3.10. The molecule has 0 atom stereocenters. The summed E-state index contributed by atoms with van der Waals surface area (Å²) in [5.41, 5.74) is 0.145. The third-order valence-electron chi connectivity index (χ3n) is 5.87. The highest BCUT2D eigenvalue weighted by molar-refractivity contribution is 5.92. The molecule has 2 aromatic carbocycles. The lowest BCUT2D eigenvalue weighted by atomic mass is 10.2. The minimum atomic E-state index is -4.53. The largest absolute Gasteiger partial charge is 0.416 e. The Balaban J connectivity index is 1.58. The Bertz CT molecular complexity index is 1340. The molecule has 0 spiro atoms. The summed E-state index contributed by atoms with van der Waals surface area (Å²) >= 11 is 0. The van der Waals surface area contributed by atoms with Crippen molar-refractivity contribution in [2.24, 2.45) is 0 Å². The highest BCUT2D eigenvalue weighted by atomic mass is 19.4. The molecule has 0 bridgehead atoms. The second-order valence-corrected chi connectivity index (χ2v) is 8.25. The molecule has 180 valence electrons. The fraction of sp³-hybridized carbons (Fsp3) is 0.280. The van der Waals surface area contributed by atoms with Gasteiger partial charge >= 0.3 is 6.18 Å². The normalized spacial score (nSPS) is 14.4. The SMILES string of the molecule is Cc1cc(=O)c(C(=O)N2CCCN(c3ccc(C#N)cc3)CC2)nn1-c1cccc(C(F)(F)F)c1. The lowest BCUT2D eigenvalue weighted by molar-refractivity contribution is -0.137. The van der Waals surface area contributed by atoms with E-state index in [1.165, 1.54) is 22.9 Å². The van der Waals surface area contributed by atoms with Crippen molar-refractivity contribution in [2.75, 3.05) is 31.1 Å². The molecule has 0 saturated carbocycles. The van der Waals surface area contributed by atoms with Gasteiger partial charge in [0.15, 0.2) is 5.69 Å². The molecule has 4 rings (SSSR count). The van der Waals surface area contributed by atoms with Crippen LogP contribution in [0.1, 0.15) is 33.7 Å². The van der Waals surface area contributed by atoms with Gasteiger partial charge < -0.3 is 9.80 Å². The number of aromatic nitrogens is 2. The number of nitriles is 1. The third-order valence-corrected chi connectivity index (χ3v) is 5.87. The second-order valence-electron chi connectivity index (χ2n) is 8.25. The number of alkyl halides is 3. The monoisotopic (exact) mass is 481 g/mol. The smallest absolute Gasteiger partial charge is 0.370 e. The Morgan fingerprint density at radius 1 is 1.00 bits per heavy atom. The van der Waals surface area contributed by atoms with E-state index in [0.29, 0.717) is 43.9 Å². The summed E-state index contributed by atoms with van der Waals surface area (Å²) in [7, 11) is 0. The summed E-state index contributed by atoms with van der Waals surface area (Å²) in [5, 5.41) is 13.1. The van der Waals surface area contributed by atoms with Gasteiger partial charge in [0.25, 0.3) is 5.91 Å². The van der Waals surface area contributed by atoms with E-state index in [1.54, 1.807) is 24.0 Å². The number of aryl methyl sites for hydroxylation is 1. The van der Waals surface area contributed by atoms with Crippen molar-refractivity contribution in [1.29, 1.82) is 5.26 Å². The Morgan fingerprint density at radius 2 is 1.74 bits per heavy atom. The van der Waals surface area contributed by atoms with Crippen LogP contribution in [-0.2, 0) is 6.18 Å². The molecule has 0 unspecified atom stereocenters. The van der Waals surface area contributed by atoms with Crippen molar-refractivity contribution in [1.82, 2.24) is 14.7 Å². The first kappa shape index (κ1) is 24.0. The number of amides is 1. The van der Waals surface area contributed by atoms with Crippen molar-refractivity contribution in [3.63, 3.8) is 0 Å². The molecule has 1 amide bonds. The summed E-state index contributed by atoms with van der Waals surface area (Å²) in [6.45, 7) is 3.50. The quantitative estimate of drug-likeness (QED) is 0.569. The van der Waals surface area contributed by atoms with Crippen LogP contribution >= 0.6 is 0 Å². The van der Waals surface area contributed by atoms with Crippen molar-refractivity contribution in [2.45, 2.75) is 19.5 Å². The number of benzene rings is 2. The second kappa shape index (κ2) is 9.62. The molecule has 1 aliphatic heterocycles. The maximum Gasteiger partial charge on any atom is 0.416 e. The summed E-state index contributed by atoms with van der Waals surface area (Å²) < 4.78 is 40.7. The molecule has 1 aromatic heterocycles. The molecule has 0 N–H and O–H groups in total. The van der Waals surface area contributed by atoms with E-state index in [2.05, 4.69) is 16.1 Å². The molecule has 2 heterocycles. The van der Waals surface area contributed by atoms with E-state index >= 15 is 0 Å². The third kappa shape index (κ3) is 5.19. The van der Waals surface area contributed by atoms with Crippen LogP contribution in [0.2, 0.25) is 0 Å². The zero-order valence-electron chi connectivity index (χ0n) is 18.9. The molecule has 3 aromatic rings. The van der Waals surface area contributed by atoms with Gasteiger partial charge in [-0.05, 0) is 55.8 Å². The summed E-state index contributed by atoms with van der Waals surface area (Å²) in [5.74, 6) is -0.558. The van der Waals surface area contributed by atoms with Crippen LogP contribution < -0.4 is 10.3 Å². The molecule has 0 radical (unpaired) electrons. The minimum Gasteiger partial charge on any atom is -0.370 e. The van der Waals surface area contributed by atoms with E-state index in [9.17, 15) is 22.8 Å². The fourth-order valence-corrected chi connectivity index (χ4v) is 4.05. The number of anilines is 1. The predicted molar refractivity (Wildman–Crippen MR) is 123 cm³/mol. The lowest BCUT2D eigenvalue weighted by Gasteiger charge is -2.23. The Kier molecular flexibility index (Phi) is 6.60. The Hall–Kier alpha value is -4.13. The number of carbonyl (C=O) groups excluding carboxylic acids is 1. The van der Waals surface area contributed by atoms with Gasteiger partial charge in [-0.25, -0.2) is 4.68 Å². The van der Waals surface area contributed by atoms with Crippen LogP contribution in [0, 0.1) is 18.3 Å². The van der Waals surface area contributed by atoms with Gasteiger partial charge in [0.2, 0.25) is 5.43 Å². The standard InChI is InChI=1S/C25H22F3N5O2/c1-17-14-22(34)23(30-33(17)21-5-2-4-19(15-21)25(26,27)28)24(35)32-11-3-10-31(12-13-32)20-8-6-18(16-29)7-9-20/h2,4-9,14-15H,3,10-13H2,1H3. The van der Waals surface area contributed by atoms with Crippen molar-refractivity contribution < 1.29 is 18.0 Å². The average molecular weight is 481 g/mol. The first-order valence-corrected chi connectivity index (χ1v) is 11.0. The molecular formula is C25H22F3N5O2. The molecule has 1 fully saturated rings. The van der Waals surface area contributed by atoms with Gasteiger partial charge in [0.1, 0.15) is 0 Å². The van der Waals surface area contributed by atoms with E-state index < -0.39 is 23.1 Å². The van der Waals surface area contributed by atoms with E-state index in [4.69, 9.17) is 5.26 Å². The molecule has 10 heteroatoms. The highest BCUT2D eigenvalue weighted by Gasteiger charge is 2.31. The van der Waals surface area contributed by atoms with E-state index in [-0.39, 0.29) is 11.4 Å². The fourth-order valence-electron chi connectivity index (χ4n) is 4.05. The van der Waals surface area contributed by atoms with Crippen molar-refractivity contribution in [3.05, 3.63) is 87.3 Å². The summed E-state index contributed by atoms with van der Waals surface area (Å²) in [6, 6.07) is 15.0. The molecule has 1 aliphatic rings.